The first-order valence-electron chi connectivity index (χ1n) is 6.15. The summed E-state index contributed by atoms with van der Waals surface area (Å²) in [4.78, 5) is 5.06. The lowest BCUT2D eigenvalue weighted by Crippen LogP contribution is -1.99. The quantitative estimate of drug-likeness (QED) is 0.767. The highest BCUT2D eigenvalue weighted by molar-refractivity contribution is 7.99. The molecule has 1 N–H and O–H groups in total. The molecule has 2 aromatic rings. The first kappa shape index (κ1) is 10.3. The van der Waals surface area contributed by atoms with Crippen LogP contribution in [0.2, 0.25) is 0 Å². The van der Waals surface area contributed by atoms with Crippen LogP contribution in [-0.4, -0.2) is 10.7 Å². The lowest BCUT2D eigenvalue weighted by molar-refractivity contribution is 0.680. The lowest BCUT2D eigenvalue weighted by atomic mass is 9.96. The summed E-state index contributed by atoms with van der Waals surface area (Å²) in [7, 11) is 0. The van der Waals surface area contributed by atoms with Crippen molar-refractivity contribution in [2.24, 2.45) is 0 Å². The maximum atomic E-state index is 3.65. The van der Waals surface area contributed by atoms with Gasteiger partial charge in [-0.15, -0.1) is 11.8 Å². The number of H-pyrrole nitrogens is 1. The van der Waals surface area contributed by atoms with E-state index >= 15 is 0 Å². The van der Waals surface area contributed by atoms with Crippen molar-refractivity contribution in [3.8, 4) is 0 Å². The van der Waals surface area contributed by atoms with Gasteiger partial charge in [-0.1, -0.05) is 19.1 Å². The number of rotatable bonds is 2. The molecular formula is C14H17NS. The molecule has 3 rings (SSSR count). The lowest BCUT2D eigenvalue weighted by Gasteiger charge is -2.10. The predicted octanol–water partition coefficient (Wildman–Crippen LogP) is 4.16. The van der Waals surface area contributed by atoms with E-state index in [0.717, 1.165) is 5.75 Å². The first-order valence-corrected chi connectivity index (χ1v) is 7.14. The van der Waals surface area contributed by atoms with Crippen molar-refractivity contribution in [1.29, 1.82) is 0 Å². The molecule has 0 unspecified atom stereocenters. The topological polar surface area (TPSA) is 15.8 Å². The Morgan fingerprint density at radius 2 is 2.12 bits per heavy atom. The smallest absolute Gasteiger partial charge is 0.0597 e. The van der Waals surface area contributed by atoms with Gasteiger partial charge in [0.15, 0.2) is 0 Å². The summed E-state index contributed by atoms with van der Waals surface area (Å²) in [5.41, 5.74) is 4.45. The highest BCUT2D eigenvalue weighted by Gasteiger charge is 2.16. The second-order valence-corrected chi connectivity index (χ2v) is 5.71. The molecule has 1 heterocycles. The van der Waals surface area contributed by atoms with E-state index in [4.69, 9.17) is 0 Å². The molecule has 16 heavy (non-hydrogen) atoms. The number of benzene rings is 1. The average Bonchev–Trinajstić information content (AvgIpc) is 2.69. The van der Waals surface area contributed by atoms with Crippen molar-refractivity contribution in [3.63, 3.8) is 0 Å². The number of para-hydroxylation sites is 1. The largest absolute Gasteiger partial charge is 0.357 e. The van der Waals surface area contributed by atoms with E-state index in [9.17, 15) is 0 Å². The van der Waals surface area contributed by atoms with Crippen LogP contribution in [0.3, 0.4) is 0 Å². The molecule has 0 saturated carbocycles. The van der Waals surface area contributed by atoms with Crippen LogP contribution >= 0.6 is 11.8 Å². The fourth-order valence-corrected chi connectivity index (χ4v) is 3.47. The van der Waals surface area contributed by atoms with Gasteiger partial charge in [0.1, 0.15) is 0 Å². The van der Waals surface area contributed by atoms with Crippen molar-refractivity contribution in [2.75, 3.05) is 5.75 Å². The van der Waals surface area contributed by atoms with Gasteiger partial charge in [-0.25, -0.2) is 0 Å². The summed E-state index contributed by atoms with van der Waals surface area (Å²) in [6.07, 6.45) is 5.19. The van der Waals surface area contributed by atoms with Crippen LogP contribution in [0.25, 0.3) is 10.9 Å². The molecule has 0 atom stereocenters. The molecule has 0 bridgehead atoms. The standard InChI is InChI=1S/C14H17NS/c1-2-16-13-9-5-7-11-10-6-3-4-8-12(10)15-14(11)13/h5,7,9,15H,2-4,6,8H2,1H3. The second-order valence-electron chi connectivity index (χ2n) is 4.40. The molecule has 1 aliphatic carbocycles. The monoisotopic (exact) mass is 231 g/mol. The van der Waals surface area contributed by atoms with Gasteiger partial charge < -0.3 is 4.98 Å². The van der Waals surface area contributed by atoms with Crippen LogP contribution < -0.4 is 0 Å². The third kappa shape index (κ3) is 1.56. The Morgan fingerprint density at radius 3 is 3.00 bits per heavy atom. The van der Waals surface area contributed by atoms with Crippen molar-refractivity contribution in [1.82, 2.24) is 4.98 Å². The fourth-order valence-electron chi connectivity index (χ4n) is 2.68. The molecule has 1 aromatic heterocycles. The molecule has 0 aliphatic heterocycles. The first-order chi connectivity index (χ1) is 7.90. The minimum Gasteiger partial charge on any atom is -0.357 e. The Kier molecular flexibility index (Phi) is 2.68. The van der Waals surface area contributed by atoms with Gasteiger partial charge in [0.25, 0.3) is 0 Å². The van der Waals surface area contributed by atoms with Crippen LogP contribution in [0.15, 0.2) is 23.1 Å². The molecule has 1 aliphatic rings. The molecule has 1 aromatic carbocycles. The van der Waals surface area contributed by atoms with Crippen molar-refractivity contribution in [2.45, 2.75) is 37.5 Å². The van der Waals surface area contributed by atoms with Crippen molar-refractivity contribution >= 4 is 22.7 Å². The van der Waals surface area contributed by atoms with Gasteiger partial charge in [-0.2, -0.15) is 0 Å². The fraction of sp³-hybridized carbons (Fsp3) is 0.429. The zero-order valence-corrected chi connectivity index (χ0v) is 10.5. The van der Waals surface area contributed by atoms with E-state index < -0.39 is 0 Å². The molecule has 0 radical (unpaired) electrons. The average molecular weight is 231 g/mol. The van der Waals surface area contributed by atoms with E-state index in [0.29, 0.717) is 0 Å². The van der Waals surface area contributed by atoms with Crippen LogP contribution in [0.5, 0.6) is 0 Å². The molecular weight excluding hydrogens is 214 g/mol. The summed E-state index contributed by atoms with van der Waals surface area (Å²) >= 11 is 1.94. The zero-order valence-electron chi connectivity index (χ0n) is 9.68. The summed E-state index contributed by atoms with van der Waals surface area (Å²) < 4.78 is 0. The summed E-state index contributed by atoms with van der Waals surface area (Å²) in [6.45, 7) is 2.21. The van der Waals surface area contributed by atoms with E-state index in [-0.39, 0.29) is 0 Å². The number of aryl methyl sites for hydroxylation is 2. The summed E-state index contributed by atoms with van der Waals surface area (Å²) in [6, 6.07) is 6.71. The Hall–Kier alpha value is -0.890. The number of hydrogen-bond donors (Lipinski definition) is 1. The van der Waals surface area contributed by atoms with Gasteiger partial charge in [-0.05, 0) is 43.1 Å². The van der Waals surface area contributed by atoms with Gasteiger partial charge in [-0.3, -0.25) is 0 Å². The molecule has 84 valence electrons. The SMILES string of the molecule is CCSc1cccc2c3c([nH]c12)CCCC3. The number of thioether (sulfide) groups is 1. The maximum Gasteiger partial charge on any atom is 0.0597 e. The third-order valence-electron chi connectivity index (χ3n) is 3.39. The van der Waals surface area contributed by atoms with Gasteiger partial charge in [0.05, 0.1) is 5.52 Å². The minimum absolute atomic E-state index is 1.14. The number of fused-ring (bicyclic) bond motifs is 3. The summed E-state index contributed by atoms with van der Waals surface area (Å²) in [5.74, 6) is 1.14. The van der Waals surface area contributed by atoms with Gasteiger partial charge in [0, 0.05) is 16.0 Å². The van der Waals surface area contributed by atoms with Crippen LogP contribution in [-0.2, 0) is 12.8 Å². The highest BCUT2D eigenvalue weighted by atomic mass is 32.2. The van der Waals surface area contributed by atoms with Crippen molar-refractivity contribution in [3.05, 3.63) is 29.5 Å². The van der Waals surface area contributed by atoms with E-state index in [2.05, 4.69) is 30.1 Å². The van der Waals surface area contributed by atoms with Crippen LogP contribution in [0, 0.1) is 0 Å². The van der Waals surface area contributed by atoms with E-state index in [1.54, 1.807) is 5.56 Å². The van der Waals surface area contributed by atoms with Crippen LogP contribution in [0.4, 0.5) is 0 Å². The van der Waals surface area contributed by atoms with Crippen molar-refractivity contribution < 1.29 is 0 Å². The zero-order chi connectivity index (χ0) is 11.0. The Bertz CT molecular complexity index is 513. The van der Waals surface area contributed by atoms with Gasteiger partial charge >= 0.3 is 0 Å². The maximum absolute atomic E-state index is 3.65. The highest BCUT2D eigenvalue weighted by Crippen LogP contribution is 2.34. The third-order valence-corrected chi connectivity index (χ3v) is 4.33. The molecule has 0 fully saturated rings. The number of nitrogens with one attached hydrogen (secondary N) is 1. The molecule has 1 nitrogen and oxygen atoms in total. The second kappa shape index (κ2) is 4.17. The molecule has 0 saturated heterocycles. The Morgan fingerprint density at radius 1 is 1.25 bits per heavy atom. The van der Waals surface area contributed by atoms with E-state index in [1.807, 2.05) is 11.8 Å². The van der Waals surface area contributed by atoms with Crippen LogP contribution in [0.1, 0.15) is 31.0 Å². The number of aromatic amines is 1. The minimum atomic E-state index is 1.14. The molecule has 0 amide bonds. The van der Waals surface area contributed by atoms with E-state index in [1.165, 1.54) is 47.2 Å². The normalized spacial score (nSPS) is 15.3. The Balaban J connectivity index is 2.21. The predicted molar refractivity (Wildman–Crippen MR) is 71.3 cm³/mol. The summed E-state index contributed by atoms with van der Waals surface area (Å²) in [5, 5.41) is 1.47. The van der Waals surface area contributed by atoms with Gasteiger partial charge in [0.2, 0.25) is 0 Å². The molecule has 2 heteroatoms. The molecule has 0 spiro atoms. The number of hydrogen-bond acceptors (Lipinski definition) is 1. The Labute approximate surface area is 101 Å². The number of aromatic nitrogens is 1.